The van der Waals surface area contributed by atoms with Gasteiger partial charge < -0.3 is 0 Å². The lowest BCUT2D eigenvalue weighted by Gasteiger charge is -2.09. The molecule has 0 spiro atoms. The predicted molar refractivity (Wildman–Crippen MR) is 92.0 cm³/mol. The first-order valence-corrected chi connectivity index (χ1v) is 10.4. The van der Waals surface area contributed by atoms with Crippen LogP contribution < -0.4 is 4.72 Å². The zero-order valence-corrected chi connectivity index (χ0v) is 16.5. The van der Waals surface area contributed by atoms with Gasteiger partial charge in [-0.05, 0) is 39.5 Å². The summed E-state index contributed by atoms with van der Waals surface area (Å²) in [5, 5.41) is 7.21. The Hall–Kier alpha value is -2.02. The summed E-state index contributed by atoms with van der Waals surface area (Å²) in [6, 6.07) is 0. The van der Waals surface area contributed by atoms with Gasteiger partial charge >= 0.3 is 12.7 Å². The number of hydrogen-bond donors (Lipinski definition) is 1. The van der Waals surface area contributed by atoms with Crippen LogP contribution in [0, 0.1) is 13.8 Å². The summed E-state index contributed by atoms with van der Waals surface area (Å²) in [4.78, 5) is -0.322. The quantitative estimate of drug-likeness (QED) is 0.529. The molecule has 162 valence electrons. The summed E-state index contributed by atoms with van der Waals surface area (Å²) in [7, 11) is -4.09. The van der Waals surface area contributed by atoms with E-state index >= 15 is 0 Å². The minimum Gasteiger partial charge on any atom is -0.269 e. The van der Waals surface area contributed by atoms with Gasteiger partial charge in [0, 0.05) is 24.3 Å². The van der Waals surface area contributed by atoms with E-state index in [0.717, 1.165) is 0 Å². The molecule has 0 atom stereocenters. The van der Waals surface area contributed by atoms with Crippen LogP contribution in [0.15, 0.2) is 4.90 Å². The molecule has 0 amide bonds. The molecule has 1 N–H and O–H groups in total. The third-order valence-electron chi connectivity index (χ3n) is 4.83. The van der Waals surface area contributed by atoms with Crippen LogP contribution in [0.5, 0.6) is 0 Å². The van der Waals surface area contributed by atoms with Gasteiger partial charge in [-0.2, -0.15) is 32.1 Å². The minimum absolute atomic E-state index is 0.0602. The van der Waals surface area contributed by atoms with E-state index in [1.165, 1.54) is 18.5 Å². The topological polar surface area (TPSA) is 81.8 Å². The molecule has 0 aliphatic heterocycles. The Balaban J connectivity index is 1.67. The molecule has 0 unspecified atom stereocenters. The first kappa shape index (κ1) is 21.7. The number of nitrogens with one attached hydrogen (secondary N) is 1. The Morgan fingerprint density at radius 1 is 1.17 bits per heavy atom. The molecular formula is C16H20F5N5O2S. The van der Waals surface area contributed by atoms with Crippen molar-refractivity contribution in [1.82, 2.24) is 24.3 Å². The Morgan fingerprint density at radius 3 is 2.45 bits per heavy atom. The van der Waals surface area contributed by atoms with Gasteiger partial charge in [-0.25, -0.2) is 17.8 Å². The lowest BCUT2D eigenvalue weighted by molar-refractivity contribution is -0.142. The fourth-order valence-corrected chi connectivity index (χ4v) is 5.13. The van der Waals surface area contributed by atoms with Crippen molar-refractivity contribution in [1.29, 1.82) is 0 Å². The van der Waals surface area contributed by atoms with Crippen LogP contribution in [0.2, 0.25) is 0 Å². The number of aromatic nitrogens is 4. The van der Waals surface area contributed by atoms with Gasteiger partial charge in [0.15, 0.2) is 5.69 Å². The maximum Gasteiger partial charge on any atom is 0.435 e. The molecule has 0 radical (unpaired) electrons. The average molecular weight is 441 g/mol. The van der Waals surface area contributed by atoms with Gasteiger partial charge in [-0.15, -0.1) is 0 Å². The number of halogens is 5. The highest BCUT2D eigenvalue weighted by molar-refractivity contribution is 7.89. The smallest absolute Gasteiger partial charge is 0.269 e. The summed E-state index contributed by atoms with van der Waals surface area (Å²) in [5.74, 6) is 0. The van der Waals surface area contributed by atoms with Gasteiger partial charge in [0.1, 0.15) is 4.90 Å². The number of sulfonamides is 1. The zero-order valence-electron chi connectivity index (χ0n) is 15.7. The molecule has 2 heterocycles. The molecule has 1 aliphatic carbocycles. The highest BCUT2D eigenvalue weighted by Gasteiger charge is 2.40. The zero-order chi connectivity index (χ0) is 21.6. The fourth-order valence-electron chi connectivity index (χ4n) is 3.66. The predicted octanol–water partition coefficient (Wildman–Crippen LogP) is 2.97. The fraction of sp³-hybridized carbons (Fsp3) is 0.625. The second kappa shape index (κ2) is 7.67. The molecule has 0 saturated carbocycles. The third kappa shape index (κ3) is 4.15. The Morgan fingerprint density at radius 2 is 1.86 bits per heavy atom. The molecule has 29 heavy (non-hydrogen) atoms. The molecule has 0 aromatic carbocycles. The van der Waals surface area contributed by atoms with Gasteiger partial charge in [0.2, 0.25) is 10.0 Å². The van der Waals surface area contributed by atoms with Crippen LogP contribution >= 0.6 is 0 Å². The molecular weight excluding hydrogens is 421 g/mol. The second-order valence-corrected chi connectivity index (χ2v) is 8.53. The number of aryl methyl sites for hydroxylation is 2. The van der Waals surface area contributed by atoms with Crippen molar-refractivity contribution in [2.75, 3.05) is 6.54 Å². The average Bonchev–Trinajstić information content (AvgIpc) is 3.25. The number of nitrogens with zero attached hydrogens (tertiary/aromatic N) is 4. The van der Waals surface area contributed by atoms with E-state index in [0.29, 0.717) is 29.6 Å². The highest BCUT2D eigenvalue weighted by Crippen LogP contribution is 2.36. The summed E-state index contributed by atoms with van der Waals surface area (Å²) >= 11 is 0. The summed E-state index contributed by atoms with van der Waals surface area (Å²) < 4.78 is 93.9. The van der Waals surface area contributed by atoms with E-state index in [-0.39, 0.29) is 41.4 Å². The van der Waals surface area contributed by atoms with Crippen molar-refractivity contribution in [3.63, 3.8) is 0 Å². The van der Waals surface area contributed by atoms with Gasteiger partial charge in [0.25, 0.3) is 0 Å². The van der Waals surface area contributed by atoms with Crippen LogP contribution in [0.3, 0.4) is 0 Å². The number of rotatable bonds is 7. The first-order valence-electron chi connectivity index (χ1n) is 8.92. The van der Waals surface area contributed by atoms with E-state index in [1.54, 1.807) is 0 Å². The Kier molecular flexibility index (Phi) is 5.73. The molecule has 0 fully saturated rings. The number of alkyl halides is 5. The van der Waals surface area contributed by atoms with Crippen molar-refractivity contribution in [3.8, 4) is 0 Å². The van der Waals surface area contributed by atoms with Crippen molar-refractivity contribution in [3.05, 3.63) is 28.3 Å². The first-order chi connectivity index (χ1) is 13.4. The third-order valence-corrected chi connectivity index (χ3v) is 6.54. The lowest BCUT2D eigenvalue weighted by atomic mass is 10.2. The normalized spacial score (nSPS) is 14.8. The van der Waals surface area contributed by atoms with Crippen LogP contribution in [-0.2, 0) is 35.6 Å². The summed E-state index contributed by atoms with van der Waals surface area (Å²) in [6.45, 7) is -0.410. The van der Waals surface area contributed by atoms with Crippen LogP contribution in [0.1, 0.15) is 47.7 Å². The SMILES string of the molecule is Cc1nn(C(F)F)c(C)c1S(=O)(=O)NCCCn1nc(C(F)(F)F)c2c1CCC2. The molecule has 1 aliphatic rings. The van der Waals surface area contributed by atoms with Crippen molar-refractivity contribution >= 4 is 10.0 Å². The Bertz CT molecular complexity index is 1010. The summed E-state index contributed by atoms with van der Waals surface area (Å²) in [6.07, 6.45) is -2.90. The molecule has 0 saturated heterocycles. The largest absolute Gasteiger partial charge is 0.435 e. The number of fused-ring (bicyclic) bond motifs is 1. The second-order valence-electron chi connectivity index (χ2n) is 6.82. The maximum atomic E-state index is 13.1. The summed E-state index contributed by atoms with van der Waals surface area (Å²) in [5.41, 5.74) is -0.384. The molecule has 13 heteroatoms. The van der Waals surface area contributed by atoms with Crippen LogP contribution in [0.25, 0.3) is 0 Å². The monoisotopic (exact) mass is 441 g/mol. The van der Waals surface area contributed by atoms with E-state index < -0.39 is 28.4 Å². The highest BCUT2D eigenvalue weighted by atomic mass is 32.2. The molecule has 7 nitrogen and oxygen atoms in total. The van der Waals surface area contributed by atoms with Gasteiger partial charge in [-0.3, -0.25) is 4.68 Å². The maximum absolute atomic E-state index is 13.1. The van der Waals surface area contributed by atoms with E-state index in [1.807, 2.05) is 0 Å². The van der Waals surface area contributed by atoms with Crippen molar-refractivity contribution in [2.45, 2.75) is 63.7 Å². The molecule has 0 bridgehead atoms. The van der Waals surface area contributed by atoms with E-state index in [2.05, 4.69) is 14.9 Å². The molecule has 2 aromatic heterocycles. The van der Waals surface area contributed by atoms with Gasteiger partial charge in [-0.1, -0.05) is 0 Å². The minimum atomic E-state index is -4.53. The van der Waals surface area contributed by atoms with E-state index in [4.69, 9.17) is 0 Å². The lowest BCUT2D eigenvalue weighted by Crippen LogP contribution is -2.27. The van der Waals surface area contributed by atoms with Crippen LogP contribution in [-0.4, -0.2) is 34.5 Å². The van der Waals surface area contributed by atoms with Crippen LogP contribution in [0.4, 0.5) is 22.0 Å². The standard InChI is InChI=1S/C16H20F5N5O2S/c1-9-13(10(2)26(23-9)15(17)18)29(27,28)22-7-4-8-25-12-6-3-5-11(12)14(24-25)16(19,20)21/h15,22H,3-8H2,1-2H3. The van der Waals surface area contributed by atoms with Gasteiger partial charge in [0.05, 0.1) is 11.4 Å². The number of hydrogen-bond acceptors (Lipinski definition) is 4. The van der Waals surface area contributed by atoms with Crippen molar-refractivity contribution < 1.29 is 30.4 Å². The Labute approximate surface area is 163 Å². The molecule has 3 rings (SSSR count). The van der Waals surface area contributed by atoms with E-state index in [9.17, 15) is 30.4 Å². The van der Waals surface area contributed by atoms with Crippen molar-refractivity contribution in [2.24, 2.45) is 0 Å². The molecule has 2 aromatic rings.